The number of benzene rings is 1. The van der Waals surface area contributed by atoms with Crippen LogP contribution in [0.5, 0.6) is 0 Å². The standard InChI is InChI=1S/C18H22BrIN4O/c1-23-15(25)18(22-16(23)21)14-9-12(19)4-3-11(14)10-17(18)7-5-13(6-8-17)24(2)20/h3-4,9,13H,5-8,10H2,1-2H3,(H2,21,22)/t13-,17+,18?. The third-order valence-corrected chi connectivity index (χ3v) is 7.69. The van der Waals surface area contributed by atoms with Crippen LogP contribution in [0.25, 0.3) is 0 Å². The van der Waals surface area contributed by atoms with Crippen molar-refractivity contribution in [3.05, 3.63) is 33.8 Å². The molecule has 1 aromatic rings. The highest BCUT2D eigenvalue weighted by atomic mass is 127. The van der Waals surface area contributed by atoms with E-state index in [1.807, 2.05) is 0 Å². The van der Waals surface area contributed by atoms with Crippen LogP contribution in [0.15, 0.2) is 27.7 Å². The summed E-state index contributed by atoms with van der Waals surface area (Å²) < 4.78 is 3.26. The van der Waals surface area contributed by atoms with Crippen LogP contribution in [0.4, 0.5) is 0 Å². The molecule has 25 heavy (non-hydrogen) atoms. The Labute approximate surface area is 170 Å². The summed E-state index contributed by atoms with van der Waals surface area (Å²) in [5.41, 5.74) is 7.39. The summed E-state index contributed by atoms with van der Waals surface area (Å²) in [7, 11) is 3.87. The number of fused-ring (bicyclic) bond motifs is 3. The Kier molecular flexibility index (Phi) is 4.20. The largest absolute Gasteiger partial charge is 0.369 e. The highest BCUT2D eigenvalue weighted by Crippen LogP contribution is 2.62. The van der Waals surface area contributed by atoms with Crippen LogP contribution in [0.3, 0.4) is 0 Å². The summed E-state index contributed by atoms with van der Waals surface area (Å²) in [4.78, 5) is 19.8. The Hall–Kier alpha value is -0.670. The van der Waals surface area contributed by atoms with Gasteiger partial charge >= 0.3 is 0 Å². The number of nitrogens with two attached hydrogens (primary N) is 1. The molecule has 1 unspecified atom stereocenters. The number of aliphatic imine (C=N–C) groups is 1. The van der Waals surface area contributed by atoms with Crippen molar-refractivity contribution in [2.24, 2.45) is 16.1 Å². The van der Waals surface area contributed by atoms with E-state index < -0.39 is 5.54 Å². The van der Waals surface area contributed by atoms with Gasteiger partial charge in [-0.3, -0.25) is 9.69 Å². The molecule has 1 aliphatic heterocycles. The normalized spacial score (nSPS) is 34.3. The number of likely N-dealkylation sites (N-methyl/N-ethyl adjacent to an activating group) is 1. The number of halogens is 2. The van der Waals surface area contributed by atoms with Gasteiger partial charge in [-0.15, -0.1) is 0 Å². The number of rotatable bonds is 1. The summed E-state index contributed by atoms with van der Waals surface area (Å²) in [6, 6.07) is 6.85. The van der Waals surface area contributed by atoms with Crippen LogP contribution in [0.2, 0.25) is 0 Å². The molecule has 134 valence electrons. The lowest BCUT2D eigenvalue weighted by molar-refractivity contribution is -0.136. The highest BCUT2D eigenvalue weighted by Gasteiger charge is 2.66. The van der Waals surface area contributed by atoms with E-state index in [-0.39, 0.29) is 11.3 Å². The number of carbonyl (C=O) groups is 1. The summed E-state index contributed by atoms with van der Waals surface area (Å²) in [5.74, 6) is 0.369. The van der Waals surface area contributed by atoms with Crippen molar-refractivity contribution in [2.45, 2.75) is 43.7 Å². The second-order valence-electron chi connectivity index (χ2n) is 7.56. The van der Waals surface area contributed by atoms with Crippen molar-refractivity contribution >= 4 is 50.7 Å². The Balaban J connectivity index is 1.85. The molecule has 4 rings (SSSR count). The predicted molar refractivity (Wildman–Crippen MR) is 110 cm³/mol. The molecular weight excluding hydrogens is 495 g/mol. The number of hydrogen-bond donors (Lipinski definition) is 1. The van der Waals surface area contributed by atoms with Crippen molar-refractivity contribution < 1.29 is 4.79 Å². The van der Waals surface area contributed by atoms with E-state index in [0.717, 1.165) is 42.1 Å². The van der Waals surface area contributed by atoms with E-state index in [0.29, 0.717) is 12.0 Å². The Bertz CT molecular complexity index is 772. The van der Waals surface area contributed by atoms with Crippen LogP contribution in [0, 0.1) is 5.41 Å². The zero-order chi connectivity index (χ0) is 18.0. The van der Waals surface area contributed by atoms with Gasteiger partial charge in [0.15, 0.2) is 11.5 Å². The summed E-state index contributed by atoms with van der Waals surface area (Å²) in [6.07, 6.45) is 5.07. The van der Waals surface area contributed by atoms with Gasteiger partial charge in [0.2, 0.25) is 0 Å². The SMILES string of the molecule is CN1C(=O)C2(N=C1N)c1cc(Br)ccc1C[C@]21CC[C@H](N(C)I)CC1. The monoisotopic (exact) mass is 516 g/mol. The van der Waals surface area contributed by atoms with Gasteiger partial charge in [-0.2, -0.15) is 0 Å². The van der Waals surface area contributed by atoms with Crippen LogP contribution in [0.1, 0.15) is 36.8 Å². The summed E-state index contributed by atoms with van der Waals surface area (Å²) in [6.45, 7) is 0. The molecule has 1 atom stereocenters. The minimum atomic E-state index is -0.847. The quantitative estimate of drug-likeness (QED) is 0.460. The van der Waals surface area contributed by atoms with Gasteiger partial charge in [-0.1, -0.05) is 22.0 Å². The maximum atomic E-state index is 13.4. The highest BCUT2D eigenvalue weighted by molar-refractivity contribution is 14.1. The molecule has 0 bridgehead atoms. The van der Waals surface area contributed by atoms with E-state index in [1.54, 1.807) is 7.05 Å². The van der Waals surface area contributed by atoms with Crippen molar-refractivity contribution in [2.75, 3.05) is 14.1 Å². The first-order valence-electron chi connectivity index (χ1n) is 8.62. The zero-order valence-electron chi connectivity index (χ0n) is 14.4. The number of nitrogens with zero attached hydrogens (tertiary/aromatic N) is 3. The van der Waals surface area contributed by atoms with E-state index in [1.165, 1.54) is 10.5 Å². The van der Waals surface area contributed by atoms with E-state index in [2.05, 4.69) is 67.2 Å². The number of guanidine groups is 1. The van der Waals surface area contributed by atoms with E-state index in [9.17, 15) is 4.79 Å². The maximum Gasteiger partial charge on any atom is 0.262 e. The first-order valence-corrected chi connectivity index (χ1v) is 10.4. The topological polar surface area (TPSA) is 61.9 Å². The third kappa shape index (κ3) is 2.34. The average Bonchev–Trinajstić information content (AvgIpc) is 2.97. The van der Waals surface area contributed by atoms with Crippen LogP contribution < -0.4 is 5.73 Å². The molecule has 0 aromatic heterocycles. The molecule has 0 radical (unpaired) electrons. The fourth-order valence-corrected chi connectivity index (χ4v) is 5.95. The van der Waals surface area contributed by atoms with Crippen LogP contribution in [-0.2, 0) is 16.8 Å². The number of hydrogen-bond acceptors (Lipinski definition) is 4. The van der Waals surface area contributed by atoms with Gasteiger partial charge in [-0.05, 0) is 62.4 Å². The van der Waals surface area contributed by atoms with E-state index in [4.69, 9.17) is 10.7 Å². The summed E-state index contributed by atoms with van der Waals surface area (Å²) in [5, 5.41) is 0. The molecule has 1 aromatic carbocycles. The molecule has 2 spiro atoms. The molecule has 1 heterocycles. The second-order valence-corrected chi connectivity index (χ2v) is 10.00. The molecule has 3 aliphatic rings. The van der Waals surface area contributed by atoms with Gasteiger partial charge in [0, 0.05) is 45.8 Å². The molecule has 2 N–H and O–H groups in total. The molecule has 2 aliphatic carbocycles. The lowest BCUT2D eigenvalue weighted by Gasteiger charge is -2.46. The van der Waals surface area contributed by atoms with Crippen molar-refractivity contribution in [3.63, 3.8) is 0 Å². The van der Waals surface area contributed by atoms with Gasteiger partial charge in [0.05, 0.1) is 0 Å². The second kappa shape index (κ2) is 5.92. The molecule has 5 nitrogen and oxygen atoms in total. The van der Waals surface area contributed by atoms with Gasteiger partial charge in [0.25, 0.3) is 5.91 Å². The van der Waals surface area contributed by atoms with Crippen LogP contribution >= 0.6 is 38.8 Å². The molecular formula is C18H22BrIN4O. The lowest BCUT2D eigenvalue weighted by Crippen LogP contribution is -2.51. The molecule has 0 saturated heterocycles. The Morgan fingerprint density at radius 2 is 2.08 bits per heavy atom. The van der Waals surface area contributed by atoms with E-state index >= 15 is 0 Å². The minimum Gasteiger partial charge on any atom is -0.369 e. The van der Waals surface area contributed by atoms with Crippen molar-refractivity contribution in [1.82, 2.24) is 8.01 Å². The molecule has 1 fully saturated rings. The smallest absolute Gasteiger partial charge is 0.262 e. The third-order valence-electron chi connectivity index (χ3n) is 6.41. The van der Waals surface area contributed by atoms with Crippen LogP contribution in [-0.4, -0.2) is 40.0 Å². The van der Waals surface area contributed by atoms with Crippen molar-refractivity contribution in [1.29, 1.82) is 0 Å². The number of amides is 1. The predicted octanol–water partition coefficient (Wildman–Crippen LogP) is 3.20. The molecule has 7 heteroatoms. The Morgan fingerprint density at radius 1 is 1.40 bits per heavy atom. The van der Waals surface area contributed by atoms with Gasteiger partial charge in [0.1, 0.15) is 0 Å². The molecule has 1 amide bonds. The number of carbonyl (C=O) groups excluding carboxylic acids is 1. The van der Waals surface area contributed by atoms with Crippen molar-refractivity contribution in [3.8, 4) is 0 Å². The fourth-order valence-electron chi connectivity index (χ4n) is 5.03. The molecule has 1 saturated carbocycles. The minimum absolute atomic E-state index is 0.0307. The fraction of sp³-hybridized carbons (Fsp3) is 0.556. The average molecular weight is 517 g/mol. The first kappa shape index (κ1) is 17.7. The van der Waals surface area contributed by atoms with Gasteiger partial charge in [-0.25, -0.2) is 8.11 Å². The van der Waals surface area contributed by atoms with Gasteiger partial charge < -0.3 is 5.73 Å². The first-order chi connectivity index (χ1) is 11.8. The lowest BCUT2D eigenvalue weighted by atomic mass is 9.61. The zero-order valence-corrected chi connectivity index (χ0v) is 18.2. The maximum absolute atomic E-state index is 13.4. The Morgan fingerprint density at radius 3 is 2.64 bits per heavy atom. The summed E-state index contributed by atoms with van der Waals surface area (Å²) >= 11 is 5.95.